The van der Waals surface area contributed by atoms with Crippen molar-refractivity contribution in [2.45, 2.75) is 13.0 Å². The van der Waals surface area contributed by atoms with Crippen LogP contribution in [0.1, 0.15) is 23.2 Å². The number of aryl methyl sites for hydroxylation is 1. The third-order valence-corrected chi connectivity index (χ3v) is 3.55. The average molecular weight is 276 g/mol. The molecule has 0 fully saturated rings. The summed E-state index contributed by atoms with van der Waals surface area (Å²) in [6, 6.07) is 4.36. The first kappa shape index (κ1) is 13.6. The van der Waals surface area contributed by atoms with Crippen molar-refractivity contribution in [3.05, 3.63) is 34.0 Å². The monoisotopic (exact) mass is 276 g/mol. The van der Waals surface area contributed by atoms with E-state index in [2.05, 4.69) is 32.0 Å². The summed E-state index contributed by atoms with van der Waals surface area (Å²) in [5, 5.41) is 16.3. The molecule has 1 N–H and O–H groups in total. The van der Waals surface area contributed by atoms with Crippen LogP contribution < -0.4 is 5.32 Å². The molecule has 2 rings (SSSR count). The van der Waals surface area contributed by atoms with E-state index in [0.717, 1.165) is 0 Å². The van der Waals surface area contributed by atoms with E-state index in [0.29, 0.717) is 24.0 Å². The third kappa shape index (κ3) is 3.13. The SMILES string of the molecule is Cc1nc(C#N)c(NC[C@H](c2ccsc2)N(C)C)o1. The van der Waals surface area contributed by atoms with Crippen molar-refractivity contribution in [1.82, 2.24) is 9.88 Å². The van der Waals surface area contributed by atoms with Crippen molar-refractivity contribution in [3.8, 4) is 6.07 Å². The van der Waals surface area contributed by atoms with Crippen LogP contribution in [0.3, 0.4) is 0 Å². The first-order valence-corrected chi connectivity index (χ1v) is 6.86. The molecule has 2 aromatic rings. The first-order chi connectivity index (χ1) is 9.11. The highest BCUT2D eigenvalue weighted by Gasteiger charge is 2.17. The number of anilines is 1. The van der Waals surface area contributed by atoms with Gasteiger partial charge in [-0.1, -0.05) is 0 Å². The maximum atomic E-state index is 8.97. The largest absolute Gasteiger partial charge is 0.424 e. The second-order valence-electron chi connectivity index (χ2n) is 4.44. The number of rotatable bonds is 5. The highest BCUT2D eigenvalue weighted by Crippen LogP contribution is 2.23. The molecule has 1 atom stereocenters. The van der Waals surface area contributed by atoms with E-state index >= 15 is 0 Å². The number of nitrogens with one attached hydrogen (secondary N) is 1. The topological polar surface area (TPSA) is 65.1 Å². The van der Waals surface area contributed by atoms with Gasteiger partial charge in [-0.25, -0.2) is 4.98 Å². The van der Waals surface area contributed by atoms with Crippen LogP contribution in [0.25, 0.3) is 0 Å². The molecule has 0 unspecified atom stereocenters. The van der Waals surface area contributed by atoms with Gasteiger partial charge in [0.25, 0.3) is 0 Å². The van der Waals surface area contributed by atoms with Gasteiger partial charge in [-0.3, -0.25) is 0 Å². The Bertz CT molecular complexity index is 568. The lowest BCUT2D eigenvalue weighted by Crippen LogP contribution is -2.26. The summed E-state index contributed by atoms with van der Waals surface area (Å²) in [5.41, 5.74) is 1.55. The van der Waals surface area contributed by atoms with Gasteiger partial charge in [-0.15, -0.1) is 0 Å². The lowest BCUT2D eigenvalue weighted by atomic mass is 10.1. The van der Waals surface area contributed by atoms with Gasteiger partial charge in [0.2, 0.25) is 11.6 Å². The summed E-state index contributed by atoms with van der Waals surface area (Å²) >= 11 is 1.68. The van der Waals surface area contributed by atoms with Crippen LogP contribution in [0.15, 0.2) is 21.2 Å². The fourth-order valence-electron chi connectivity index (χ4n) is 1.88. The van der Waals surface area contributed by atoms with Gasteiger partial charge in [0.15, 0.2) is 5.89 Å². The number of oxazole rings is 1. The van der Waals surface area contributed by atoms with Crippen LogP contribution in [0.5, 0.6) is 0 Å². The summed E-state index contributed by atoms with van der Waals surface area (Å²) in [5.74, 6) is 0.943. The Hall–Kier alpha value is -1.84. The van der Waals surface area contributed by atoms with Crippen molar-refractivity contribution < 1.29 is 4.42 Å². The van der Waals surface area contributed by atoms with Gasteiger partial charge in [0, 0.05) is 13.5 Å². The molecule has 0 aromatic carbocycles. The quantitative estimate of drug-likeness (QED) is 0.909. The van der Waals surface area contributed by atoms with Gasteiger partial charge >= 0.3 is 0 Å². The Morgan fingerprint density at radius 3 is 2.95 bits per heavy atom. The lowest BCUT2D eigenvalue weighted by Gasteiger charge is -2.23. The molecule has 6 heteroatoms. The minimum atomic E-state index is 0.225. The predicted octanol–water partition coefficient (Wildman–Crippen LogP) is 2.63. The highest BCUT2D eigenvalue weighted by molar-refractivity contribution is 7.07. The van der Waals surface area contributed by atoms with E-state index in [9.17, 15) is 0 Å². The molecule has 0 saturated carbocycles. The zero-order valence-electron chi connectivity index (χ0n) is 11.2. The molecular weight excluding hydrogens is 260 g/mol. The van der Waals surface area contributed by atoms with Crippen LogP contribution in [0.2, 0.25) is 0 Å². The van der Waals surface area contributed by atoms with Gasteiger partial charge in [-0.2, -0.15) is 16.6 Å². The van der Waals surface area contributed by atoms with E-state index in [4.69, 9.17) is 9.68 Å². The molecule has 0 saturated heterocycles. The van der Waals surface area contributed by atoms with Crippen LogP contribution >= 0.6 is 11.3 Å². The fourth-order valence-corrected chi connectivity index (χ4v) is 2.58. The summed E-state index contributed by atoms with van der Waals surface area (Å²) < 4.78 is 5.39. The van der Waals surface area contributed by atoms with Crippen LogP contribution in [0, 0.1) is 18.3 Å². The average Bonchev–Trinajstić information content (AvgIpc) is 2.98. The standard InChI is InChI=1S/C13H16N4OS/c1-9-16-11(6-14)13(18-9)15-7-12(17(2)3)10-4-5-19-8-10/h4-5,8,12,15H,7H2,1-3H3/t12-/m1/s1. The van der Waals surface area contributed by atoms with E-state index < -0.39 is 0 Å². The second kappa shape index (κ2) is 5.87. The number of thiophene rings is 1. The van der Waals surface area contributed by atoms with Crippen molar-refractivity contribution >= 4 is 17.2 Å². The molecule has 100 valence electrons. The molecule has 0 spiro atoms. The van der Waals surface area contributed by atoms with Crippen LogP contribution in [-0.2, 0) is 0 Å². The molecule has 0 aliphatic carbocycles. The number of nitrogens with zero attached hydrogens (tertiary/aromatic N) is 3. The number of hydrogen-bond acceptors (Lipinski definition) is 6. The van der Waals surface area contributed by atoms with E-state index in [-0.39, 0.29) is 6.04 Å². The van der Waals surface area contributed by atoms with E-state index in [1.165, 1.54) is 5.56 Å². The Labute approximate surface area is 116 Å². The predicted molar refractivity (Wildman–Crippen MR) is 75.2 cm³/mol. The molecule has 5 nitrogen and oxygen atoms in total. The molecule has 0 bridgehead atoms. The third-order valence-electron chi connectivity index (χ3n) is 2.85. The molecule has 19 heavy (non-hydrogen) atoms. The Kier molecular flexibility index (Phi) is 4.20. The molecule has 2 aromatic heterocycles. The van der Waals surface area contributed by atoms with Crippen molar-refractivity contribution in [2.24, 2.45) is 0 Å². The van der Waals surface area contributed by atoms with Gasteiger partial charge in [0.05, 0.1) is 6.04 Å². The smallest absolute Gasteiger partial charge is 0.232 e. The number of likely N-dealkylation sites (N-methyl/N-ethyl adjacent to an activating group) is 1. The maximum Gasteiger partial charge on any atom is 0.232 e. The first-order valence-electron chi connectivity index (χ1n) is 5.91. The summed E-state index contributed by atoms with van der Waals surface area (Å²) in [6.07, 6.45) is 0. The lowest BCUT2D eigenvalue weighted by molar-refractivity contribution is 0.311. The summed E-state index contributed by atoms with van der Waals surface area (Å²) in [7, 11) is 4.06. The highest BCUT2D eigenvalue weighted by atomic mass is 32.1. The van der Waals surface area contributed by atoms with Crippen LogP contribution in [0.4, 0.5) is 5.88 Å². The molecule has 0 aliphatic rings. The van der Waals surface area contributed by atoms with E-state index in [1.54, 1.807) is 18.3 Å². The number of aromatic nitrogens is 1. The van der Waals surface area contributed by atoms with Crippen molar-refractivity contribution in [2.75, 3.05) is 26.0 Å². The molecule has 0 amide bonds. The molecule has 0 radical (unpaired) electrons. The zero-order chi connectivity index (χ0) is 13.8. The second-order valence-corrected chi connectivity index (χ2v) is 5.22. The molecular formula is C13H16N4OS. The van der Waals surface area contributed by atoms with Gasteiger partial charge in [-0.05, 0) is 36.5 Å². The van der Waals surface area contributed by atoms with Crippen LogP contribution in [-0.4, -0.2) is 30.5 Å². The summed E-state index contributed by atoms with van der Waals surface area (Å²) in [4.78, 5) is 6.14. The number of nitriles is 1. The van der Waals surface area contributed by atoms with Crippen molar-refractivity contribution in [3.63, 3.8) is 0 Å². The van der Waals surface area contributed by atoms with E-state index in [1.807, 2.05) is 20.2 Å². The van der Waals surface area contributed by atoms with Gasteiger partial charge in [0.1, 0.15) is 6.07 Å². The summed E-state index contributed by atoms with van der Waals surface area (Å²) in [6.45, 7) is 2.39. The Morgan fingerprint density at radius 2 is 2.37 bits per heavy atom. The molecule has 2 heterocycles. The van der Waals surface area contributed by atoms with Gasteiger partial charge < -0.3 is 14.6 Å². The number of hydrogen-bond donors (Lipinski definition) is 1. The maximum absolute atomic E-state index is 8.97. The Morgan fingerprint density at radius 1 is 1.58 bits per heavy atom. The minimum Gasteiger partial charge on any atom is -0.424 e. The normalized spacial score (nSPS) is 12.4. The zero-order valence-corrected chi connectivity index (χ0v) is 12.0. The minimum absolute atomic E-state index is 0.225. The molecule has 0 aliphatic heterocycles. The van der Waals surface area contributed by atoms with Crippen molar-refractivity contribution in [1.29, 1.82) is 5.26 Å². The Balaban J connectivity index is 2.09. The fraction of sp³-hybridized carbons (Fsp3) is 0.385.